The van der Waals surface area contributed by atoms with E-state index in [0.717, 1.165) is 12.0 Å². The Morgan fingerprint density at radius 3 is 2.55 bits per heavy atom. The Morgan fingerprint density at radius 1 is 1.14 bits per heavy atom. The highest BCUT2D eigenvalue weighted by atomic mass is 16.5. The summed E-state index contributed by atoms with van der Waals surface area (Å²) in [6.45, 7) is 8.55. The Hall–Kier alpha value is -2.73. The van der Waals surface area contributed by atoms with Crippen molar-refractivity contribution in [3.8, 4) is 0 Å². The van der Waals surface area contributed by atoms with E-state index in [4.69, 9.17) is 4.74 Å². The number of carbonyl (C=O) groups is 2. The summed E-state index contributed by atoms with van der Waals surface area (Å²) in [5.74, 6) is -0.0187. The molecule has 0 radical (unpaired) electrons. The van der Waals surface area contributed by atoms with Gasteiger partial charge in [-0.2, -0.15) is 0 Å². The third-order valence-electron chi connectivity index (χ3n) is 5.27. The Labute approximate surface area is 172 Å². The number of rotatable bonds is 5. The van der Waals surface area contributed by atoms with Crippen molar-refractivity contribution < 1.29 is 14.3 Å². The smallest absolute Gasteiger partial charge is 0.251 e. The number of nitrogens with one attached hydrogen (secondary N) is 2. The third-order valence-corrected chi connectivity index (χ3v) is 5.27. The van der Waals surface area contributed by atoms with Gasteiger partial charge in [0, 0.05) is 35.0 Å². The van der Waals surface area contributed by atoms with Crippen molar-refractivity contribution in [2.45, 2.75) is 40.2 Å². The number of pyridine rings is 1. The second-order valence-corrected chi connectivity index (χ2v) is 8.62. The second kappa shape index (κ2) is 8.74. The number of hydrogen-bond acceptors (Lipinski definition) is 4. The first-order valence-electron chi connectivity index (χ1n) is 9.94. The zero-order chi connectivity index (χ0) is 21.0. The first-order valence-corrected chi connectivity index (χ1v) is 9.94. The molecule has 154 valence electrons. The molecule has 3 rings (SSSR count). The quantitative estimate of drug-likeness (QED) is 0.813. The molecule has 1 fully saturated rings. The number of aromatic nitrogens is 1. The molecule has 1 aromatic heterocycles. The van der Waals surface area contributed by atoms with Crippen LogP contribution in [0.15, 0.2) is 42.7 Å². The second-order valence-electron chi connectivity index (χ2n) is 8.62. The lowest BCUT2D eigenvalue weighted by atomic mass is 9.94. The van der Waals surface area contributed by atoms with Crippen LogP contribution >= 0.6 is 0 Å². The minimum atomic E-state index is -0.508. The van der Waals surface area contributed by atoms with Crippen LogP contribution in [0.4, 0.5) is 5.69 Å². The van der Waals surface area contributed by atoms with E-state index in [1.165, 1.54) is 5.56 Å². The summed E-state index contributed by atoms with van der Waals surface area (Å²) in [6, 6.07) is 9.32. The number of ether oxygens (including phenoxy) is 1. The summed E-state index contributed by atoms with van der Waals surface area (Å²) >= 11 is 0. The van der Waals surface area contributed by atoms with Crippen molar-refractivity contribution in [1.82, 2.24) is 10.3 Å². The van der Waals surface area contributed by atoms with Gasteiger partial charge in [0.2, 0.25) is 5.91 Å². The molecular formula is C23H29N3O3. The maximum atomic E-state index is 13.0. The lowest BCUT2D eigenvalue weighted by molar-refractivity contribution is -0.123. The summed E-state index contributed by atoms with van der Waals surface area (Å²) in [7, 11) is 0. The topological polar surface area (TPSA) is 80.3 Å². The number of benzene rings is 1. The summed E-state index contributed by atoms with van der Waals surface area (Å²) in [5.41, 5.74) is 2.65. The van der Waals surface area contributed by atoms with Crippen molar-refractivity contribution in [3.05, 3.63) is 59.4 Å². The van der Waals surface area contributed by atoms with E-state index >= 15 is 0 Å². The average Bonchev–Trinajstić information content (AvgIpc) is 3.10. The maximum absolute atomic E-state index is 13.0. The average molecular weight is 396 g/mol. The Morgan fingerprint density at radius 2 is 1.86 bits per heavy atom. The molecule has 1 aliphatic rings. The fourth-order valence-electron chi connectivity index (χ4n) is 3.35. The molecule has 1 saturated heterocycles. The van der Waals surface area contributed by atoms with Crippen LogP contribution in [0.25, 0.3) is 0 Å². The molecule has 2 aromatic rings. The van der Waals surface area contributed by atoms with Gasteiger partial charge in [-0.25, -0.2) is 0 Å². The van der Waals surface area contributed by atoms with Crippen LogP contribution in [-0.2, 0) is 16.0 Å². The van der Waals surface area contributed by atoms with Gasteiger partial charge >= 0.3 is 0 Å². The lowest BCUT2D eigenvalue weighted by Crippen LogP contribution is -2.41. The molecule has 0 spiro atoms. The minimum absolute atomic E-state index is 0.0529. The van der Waals surface area contributed by atoms with Crippen LogP contribution in [0.1, 0.15) is 42.3 Å². The molecule has 6 nitrogen and oxygen atoms in total. The van der Waals surface area contributed by atoms with Gasteiger partial charge in [-0.05, 0) is 48.7 Å². The van der Waals surface area contributed by atoms with E-state index in [9.17, 15) is 9.59 Å². The Bertz CT molecular complexity index is 875. The highest BCUT2D eigenvalue weighted by Crippen LogP contribution is 2.24. The van der Waals surface area contributed by atoms with Gasteiger partial charge in [-0.1, -0.05) is 26.8 Å². The SMILES string of the molecule is Cc1c(NC(=O)C(C)(C)C)cccc1C(=O)N[C@H]1COC[C@H]1Cc1ccncc1. The molecule has 1 aliphatic heterocycles. The maximum Gasteiger partial charge on any atom is 0.251 e. The van der Waals surface area contributed by atoms with Crippen molar-refractivity contribution >= 4 is 17.5 Å². The number of carbonyl (C=O) groups excluding carboxylic acids is 2. The fourth-order valence-corrected chi connectivity index (χ4v) is 3.35. The third kappa shape index (κ3) is 5.21. The molecular weight excluding hydrogens is 366 g/mol. The molecule has 2 atom stereocenters. The Balaban J connectivity index is 1.70. The molecule has 0 unspecified atom stereocenters. The highest BCUT2D eigenvalue weighted by Gasteiger charge is 2.30. The standard InChI is InChI=1S/C23H29N3O3/c1-15-18(6-5-7-19(15)26-22(28)23(2,3)4)21(27)25-20-14-29-13-17(20)12-16-8-10-24-11-9-16/h5-11,17,20H,12-14H2,1-4H3,(H,25,27)(H,26,28)/t17-,20+/m1/s1. The van der Waals surface area contributed by atoms with E-state index < -0.39 is 5.41 Å². The van der Waals surface area contributed by atoms with E-state index in [0.29, 0.717) is 24.5 Å². The van der Waals surface area contributed by atoms with Crippen LogP contribution in [0.2, 0.25) is 0 Å². The van der Waals surface area contributed by atoms with Gasteiger partial charge in [0.05, 0.1) is 19.3 Å². The monoisotopic (exact) mass is 395 g/mol. The first kappa shape index (κ1) is 21.0. The number of nitrogens with zero attached hydrogens (tertiary/aromatic N) is 1. The fraction of sp³-hybridized carbons (Fsp3) is 0.435. The predicted octanol–water partition coefficient (Wildman–Crippen LogP) is 3.36. The molecule has 2 N–H and O–H groups in total. The number of amides is 2. The first-order chi connectivity index (χ1) is 13.8. The van der Waals surface area contributed by atoms with Crippen molar-refractivity contribution in [1.29, 1.82) is 0 Å². The van der Waals surface area contributed by atoms with Gasteiger partial charge < -0.3 is 15.4 Å². The van der Waals surface area contributed by atoms with E-state index in [-0.39, 0.29) is 23.8 Å². The van der Waals surface area contributed by atoms with Gasteiger partial charge in [-0.3, -0.25) is 14.6 Å². The summed E-state index contributed by atoms with van der Waals surface area (Å²) in [5, 5.41) is 6.06. The summed E-state index contributed by atoms with van der Waals surface area (Å²) < 4.78 is 5.64. The highest BCUT2D eigenvalue weighted by molar-refractivity contribution is 6.00. The van der Waals surface area contributed by atoms with Crippen molar-refractivity contribution in [2.24, 2.45) is 11.3 Å². The van der Waals surface area contributed by atoms with Crippen molar-refractivity contribution in [3.63, 3.8) is 0 Å². The molecule has 6 heteroatoms. The predicted molar refractivity (Wildman–Crippen MR) is 113 cm³/mol. The molecule has 2 amide bonds. The molecule has 1 aromatic carbocycles. The molecule has 0 aliphatic carbocycles. The molecule has 2 heterocycles. The minimum Gasteiger partial charge on any atom is -0.379 e. The largest absolute Gasteiger partial charge is 0.379 e. The lowest BCUT2D eigenvalue weighted by Gasteiger charge is -2.21. The van der Waals surface area contributed by atoms with Gasteiger partial charge in [0.15, 0.2) is 0 Å². The van der Waals surface area contributed by atoms with Gasteiger partial charge in [0.1, 0.15) is 0 Å². The van der Waals surface area contributed by atoms with Crippen LogP contribution in [0.5, 0.6) is 0 Å². The van der Waals surface area contributed by atoms with E-state index in [2.05, 4.69) is 15.6 Å². The molecule has 0 bridgehead atoms. The molecule has 0 saturated carbocycles. The number of hydrogen-bond donors (Lipinski definition) is 2. The van der Waals surface area contributed by atoms with Crippen LogP contribution in [-0.4, -0.2) is 36.1 Å². The van der Waals surface area contributed by atoms with Crippen LogP contribution < -0.4 is 10.6 Å². The normalized spacial score (nSPS) is 19.0. The van der Waals surface area contributed by atoms with Crippen molar-refractivity contribution in [2.75, 3.05) is 18.5 Å². The summed E-state index contributed by atoms with van der Waals surface area (Å²) in [6.07, 6.45) is 4.38. The summed E-state index contributed by atoms with van der Waals surface area (Å²) in [4.78, 5) is 29.3. The number of anilines is 1. The van der Waals surface area contributed by atoms with E-state index in [1.54, 1.807) is 24.5 Å². The Kier molecular flexibility index (Phi) is 6.33. The van der Waals surface area contributed by atoms with Crippen LogP contribution in [0, 0.1) is 18.3 Å². The van der Waals surface area contributed by atoms with E-state index in [1.807, 2.05) is 45.9 Å². The van der Waals surface area contributed by atoms with Gasteiger partial charge in [-0.15, -0.1) is 0 Å². The zero-order valence-corrected chi connectivity index (χ0v) is 17.5. The zero-order valence-electron chi connectivity index (χ0n) is 17.5. The van der Waals surface area contributed by atoms with Gasteiger partial charge in [0.25, 0.3) is 5.91 Å². The molecule has 29 heavy (non-hydrogen) atoms. The van der Waals surface area contributed by atoms with Crippen LogP contribution in [0.3, 0.4) is 0 Å².